The van der Waals surface area contributed by atoms with Crippen LogP contribution in [-0.4, -0.2) is 50.0 Å². The Labute approximate surface area is 175 Å². The monoisotopic (exact) mass is 423 g/mol. The minimum atomic E-state index is -0.0854. The van der Waals surface area contributed by atoms with E-state index < -0.39 is 0 Å². The first kappa shape index (κ1) is 22.2. The van der Waals surface area contributed by atoms with Gasteiger partial charge in [-0.15, -0.1) is 12.4 Å². The van der Waals surface area contributed by atoms with Crippen molar-refractivity contribution in [2.24, 2.45) is 0 Å². The summed E-state index contributed by atoms with van der Waals surface area (Å²) in [6.07, 6.45) is 1.03. The molecule has 3 rings (SSSR count). The number of methoxy groups -OCH3 is 1. The smallest absolute Gasteiger partial charge is 0.252 e. The fourth-order valence-electron chi connectivity index (χ4n) is 3.30. The number of hydrogen-bond acceptors (Lipinski definition) is 5. The van der Waals surface area contributed by atoms with Gasteiger partial charge in [-0.25, -0.2) is 0 Å². The maximum absolute atomic E-state index is 12.8. The second-order valence-corrected chi connectivity index (χ2v) is 7.20. The lowest BCUT2D eigenvalue weighted by molar-refractivity contribution is -0.134. The van der Waals surface area contributed by atoms with Gasteiger partial charge in [0.2, 0.25) is 5.91 Å². The minimum Gasteiger partial charge on any atom is -0.496 e. The second kappa shape index (κ2) is 11.0. The molecule has 1 fully saturated rings. The zero-order valence-corrected chi connectivity index (χ0v) is 17.5. The van der Waals surface area contributed by atoms with E-state index in [4.69, 9.17) is 4.74 Å². The van der Waals surface area contributed by atoms with E-state index >= 15 is 0 Å². The fraction of sp³-hybridized carbons (Fsp3) is 0.400. The van der Waals surface area contributed by atoms with Gasteiger partial charge in [0, 0.05) is 49.1 Å². The number of nitrogens with one attached hydrogen (secondary N) is 2. The van der Waals surface area contributed by atoms with Crippen LogP contribution in [0.25, 0.3) is 0 Å². The maximum atomic E-state index is 12.8. The molecule has 2 N–H and O–H groups in total. The summed E-state index contributed by atoms with van der Waals surface area (Å²) in [5, 5.41) is 9.93. The van der Waals surface area contributed by atoms with Crippen molar-refractivity contribution in [2.45, 2.75) is 18.9 Å². The number of amides is 2. The lowest BCUT2D eigenvalue weighted by Crippen LogP contribution is -2.48. The summed E-state index contributed by atoms with van der Waals surface area (Å²) in [5.74, 6) is 0.821. The number of ether oxygens (including phenoxy) is 1. The molecular weight excluding hydrogens is 398 g/mol. The molecule has 2 heterocycles. The van der Waals surface area contributed by atoms with Gasteiger partial charge in [-0.05, 0) is 23.9 Å². The van der Waals surface area contributed by atoms with Crippen molar-refractivity contribution in [1.82, 2.24) is 15.5 Å². The molecule has 28 heavy (non-hydrogen) atoms. The van der Waals surface area contributed by atoms with Gasteiger partial charge < -0.3 is 20.3 Å². The number of piperazine rings is 1. The van der Waals surface area contributed by atoms with Crippen LogP contribution in [0.1, 0.15) is 34.8 Å². The molecule has 2 amide bonds. The van der Waals surface area contributed by atoms with Crippen LogP contribution in [0.4, 0.5) is 0 Å². The van der Waals surface area contributed by atoms with Crippen LogP contribution in [0.2, 0.25) is 0 Å². The molecule has 8 heteroatoms. The lowest BCUT2D eigenvalue weighted by Gasteiger charge is -2.37. The van der Waals surface area contributed by atoms with Gasteiger partial charge in [0.25, 0.3) is 5.91 Å². The number of carbonyl (C=O) groups excluding carboxylic acids is 2. The second-order valence-electron chi connectivity index (χ2n) is 6.42. The van der Waals surface area contributed by atoms with Gasteiger partial charge in [-0.1, -0.05) is 18.2 Å². The fourth-order valence-corrected chi connectivity index (χ4v) is 3.94. The Balaban J connectivity index is 0.00000280. The molecule has 152 valence electrons. The van der Waals surface area contributed by atoms with Gasteiger partial charge in [-0.3, -0.25) is 9.59 Å². The number of halogens is 1. The van der Waals surface area contributed by atoms with Gasteiger partial charge in [0.1, 0.15) is 5.75 Å². The number of benzene rings is 1. The minimum absolute atomic E-state index is 0. The standard InChI is InChI=1S/C20H25N3O3S.ClH/c1-26-18-6-3-2-5-16(18)17-13-21-10-11-23(17)19(24)7-4-9-22-20(25)15-8-12-27-14-15;/h2-3,5-6,8,12,14,17,21H,4,7,9-11,13H2,1H3,(H,22,25);1H. The first-order valence-electron chi connectivity index (χ1n) is 9.14. The van der Waals surface area contributed by atoms with Gasteiger partial charge in [0.15, 0.2) is 0 Å². The largest absolute Gasteiger partial charge is 0.496 e. The molecule has 0 bridgehead atoms. The quantitative estimate of drug-likeness (QED) is 0.672. The van der Waals surface area contributed by atoms with E-state index in [2.05, 4.69) is 10.6 Å². The summed E-state index contributed by atoms with van der Waals surface area (Å²) >= 11 is 1.49. The molecule has 1 aromatic carbocycles. The van der Waals surface area contributed by atoms with E-state index in [0.717, 1.165) is 17.9 Å². The number of rotatable bonds is 7. The number of hydrogen-bond donors (Lipinski definition) is 2. The predicted molar refractivity (Wildman–Crippen MR) is 113 cm³/mol. The zero-order chi connectivity index (χ0) is 19.1. The average molecular weight is 424 g/mol. The topological polar surface area (TPSA) is 70.7 Å². The van der Waals surface area contributed by atoms with Crippen molar-refractivity contribution < 1.29 is 14.3 Å². The van der Waals surface area contributed by atoms with Crippen LogP contribution in [0, 0.1) is 0 Å². The first-order chi connectivity index (χ1) is 13.2. The third kappa shape index (κ3) is 5.47. The van der Waals surface area contributed by atoms with E-state index in [0.29, 0.717) is 38.0 Å². The number of thiophene rings is 1. The van der Waals surface area contributed by atoms with E-state index in [9.17, 15) is 9.59 Å². The molecule has 0 radical (unpaired) electrons. The summed E-state index contributed by atoms with van der Waals surface area (Å²) in [5.41, 5.74) is 1.69. The van der Waals surface area contributed by atoms with E-state index in [1.807, 2.05) is 39.9 Å². The molecule has 0 spiro atoms. The number of nitrogens with zero attached hydrogens (tertiary/aromatic N) is 1. The van der Waals surface area contributed by atoms with Crippen molar-refractivity contribution in [1.29, 1.82) is 0 Å². The van der Waals surface area contributed by atoms with Crippen LogP contribution >= 0.6 is 23.7 Å². The van der Waals surface area contributed by atoms with Crippen LogP contribution < -0.4 is 15.4 Å². The maximum Gasteiger partial charge on any atom is 0.252 e. The highest BCUT2D eigenvalue weighted by Gasteiger charge is 2.29. The van der Waals surface area contributed by atoms with Crippen LogP contribution in [-0.2, 0) is 4.79 Å². The van der Waals surface area contributed by atoms with Gasteiger partial charge in [0.05, 0.1) is 13.2 Å². The molecule has 1 aliphatic rings. The summed E-state index contributed by atoms with van der Waals surface area (Å²) < 4.78 is 5.47. The molecule has 1 saturated heterocycles. The zero-order valence-electron chi connectivity index (χ0n) is 15.8. The highest BCUT2D eigenvalue weighted by molar-refractivity contribution is 7.08. The molecular formula is C20H26ClN3O3S. The van der Waals surface area contributed by atoms with E-state index in [1.54, 1.807) is 13.2 Å². The van der Waals surface area contributed by atoms with E-state index in [1.165, 1.54) is 11.3 Å². The van der Waals surface area contributed by atoms with Crippen molar-refractivity contribution in [3.05, 3.63) is 52.2 Å². The third-order valence-electron chi connectivity index (χ3n) is 4.70. The Bertz CT molecular complexity index is 770. The third-order valence-corrected chi connectivity index (χ3v) is 5.38. The molecule has 1 atom stereocenters. The highest BCUT2D eigenvalue weighted by atomic mass is 35.5. The van der Waals surface area contributed by atoms with Gasteiger partial charge >= 0.3 is 0 Å². The molecule has 0 aliphatic carbocycles. The van der Waals surface area contributed by atoms with Gasteiger partial charge in [-0.2, -0.15) is 11.3 Å². The Morgan fingerprint density at radius 2 is 2.14 bits per heavy atom. The van der Waals surface area contributed by atoms with Crippen molar-refractivity contribution >= 4 is 35.6 Å². The van der Waals surface area contributed by atoms with Crippen LogP contribution in [0.3, 0.4) is 0 Å². The van der Waals surface area contributed by atoms with Crippen molar-refractivity contribution in [2.75, 3.05) is 33.3 Å². The molecule has 6 nitrogen and oxygen atoms in total. The lowest BCUT2D eigenvalue weighted by atomic mass is 10.0. The Morgan fingerprint density at radius 1 is 1.32 bits per heavy atom. The number of carbonyl (C=O) groups is 2. The first-order valence-corrected chi connectivity index (χ1v) is 10.1. The molecule has 1 aliphatic heterocycles. The predicted octanol–water partition coefficient (Wildman–Crippen LogP) is 2.86. The molecule has 1 unspecified atom stereocenters. The summed E-state index contributed by atoms with van der Waals surface area (Å²) in [6, 6.07) is 9.59. The van der Waals surface area contributed by atoms with E-state index in [-0.39, 0.29) is 30.3 Å². The Hall–Kier alpha value is -2.09. The molecule has 1 aromatic heterocycles. The molecule has 2 aromatic rings. The van der Waals surface area contributed by atoms with Crippen molar-refractivity contribution in [3.63, 3.8) is 0 Å². The molecule has 0 saturated carbocycles. The Morgan fingerprint density at radius 3 is 2.89 bits per heavy atom. The highest BCUT2D eigenvalue weighted by Crippen LogP contribution is 2.30. The summed E-state index contributed by atoms with van der Waals surface area (Å²) in [6.45, 7) is 2.65. The van der Waals surface area contributed by atoms with Crippen LogP contribution in [0.5, 0.6) is 5.75 Å². The average Bonchev–Trinajstić information content (AvgIpc) is 3.26. The SMILES string of the molecule is COc1ccccc1C1CNCCN1C(=O)CCCNC(=O)c1ccsc1.Cl. The summed E-state index contributed by atoms with van der Waals surface area (Å²) in [7, 11) is 1.65. The van der Waals surface area contributed by atoms with Crippen LogP contribution in [0.15, 0.2) is 41.1 Å². The Kier molecular flexibility index (Phi) is 8.76. The van der Waals surface area contributed by atoms with Crippen molar-refractivity contribution in [3.8, 4) is 5.75 Å². The summed E-state index contributed by atoms with van der Waals surface area (Å²) in [4.78, 5) is 26.7. The normalized spacial score (nSPS) is 16.2. The number of para-hydroxylation sites is 1.